The number of benzene rings is 2. The topological polar surface area (TPSA) is 72.5 Å². The van der Waals surface area contributed by atoms with Crippen LogP contribution in [0.15, 0.2) is 63.7 Å². The second-order valence-corrected chi connectivity index (χ2v) is 9.57. The number of aryl methyl sites for hydroxylation is 1. The third kappa shape index (κ3) is 3.21. The molecule has 1 aliphatic rings. The molecule has 2 aromatic carbocycles. The zero-order chi connectivity index (χ0) is 19.9. The smallest absolute Gasteiger partial charge is 0.225 e. The predicted molar refractivity (Wildman–Crippen MR) is 109 cm³/mol. The van der Waals surface area contributed by atoms with Crippen molar-refractivity contribution >= 4 is 32.8 Å². The number of nitrogens with one attached hydrogen (secondary N) is 1. The van der Waals surface area contributed by atoms with Gasteiger partial charge in [0, 0.05) is 22.6 Å². The lowest BCUT2D eigenvalue weighted by atomic mass is 9.90. The highest BCUT2D eigenvalue weighted by molar-refractivity contribution is 7.91. The van der Waals surface area contributed by atoms with E-state index in [2.05, 4.69) is 5.32 Å². The average molecular weight is 414 g/mol. The number of methoxy groups -OCH3 is 1. The summed E-state index contributed by atoms with van der Waals surface area (Å²) in [4.78, 5) is 13.6. The standard InChI is InChI=1S/C21H19NO4S2/c1-13-6-8-16(9-7-13)28(24,25)18-12-27-21-17(11-19(23)22-20(18)21)14-4-3-5-15(10-14)26-2/h3-10,12,17H,11H2,1-2H3,(H,22,23)/t17-/m0/s1. The molecule has 1 aliphatic heterocycles. The number of carbonyl (C=O) groups is 1. The summed E-state index contributed by atoms with van der Waals surface area (Å²) in [6.07, 6.45) is 0.269. The van der Waals surface area contributed by atoms with Gasteiger partial charge in [-0.05, 0) is 36.8 Å². The minimum Gasteiger partial charge on any atom is -0.497 e. The van der Waals surface area contributed by atoms with E-state index in [1.807, 2.05) is 31.2 Å². The fourth-order valence-electron chi connectivity index (χ4n) is 3.37. The van der Waals surface area contributed by atoms with Crippen LogP contribution in [0.1, 0.15) is 28.3 Å². The van der Waals surface area contributed by atoms with Crippen LogP contribution >= 0.6 is 11.3 Å². The Morgan fingerprint density at radius 2 is 1.89 bits per heavy atom. The van der Waals surface area contributed by atoms with E-state index in [1.54, 1.807) is 36.8 Å². The molecule has 0 radical (unpaired) electrons. The number of rotatable bonds is 4. The van der Waals surface area contributed by atoms with Crippen molar-refractivity contribution in [2.45, 2.75) is 29.1 Å². The van der Waals surface area contributed by atoms with E-state index < -0.39 is 9.84 Å². The Labute approximate surface area is 167 Å². The minimum atomic E-state index is -3.72. The molecule has 1 amide bonds. The average Bonchev–Trinajstić information content (AvgIpc) is 3.12. The summed E-state index contributed by atoms with van der Waals surface area (Å²) in [7, 11) is -2.13. The third-order valence-corrected chi connectivity index (χ3v) is 7.91. The SMILES string of the molecule is COc1cccc([C@@H]2CC(=O)Nc3c(S(=O)(=O)c4ccc(C)cc4)csc32)c1. The van der Waals surface area contributed by atoms with Crippen LogP contribution in [-0.2, 0) is 14.6 Å². The van der Waals surface area contributed by atoms with E-state index in [-0.39, 0.29) is 28.0 Å². The van der Waals surface area contributed by atoms with E-state index in [4.69, 9.17) is 4.74 Å². The highest BCUT2D eigenvalue weighted by atomic mass is 32.2. The van der Waals surface area contributed by atoms with Gasteiger partial charge in [-0.15, -0.1) is 11.3 Å². The quantitative estimate of drug-likeness (QED) is 0.689. The Balaban J connectivity index is 1.81. The van der Waals surface area contributed by atoms with Crippen molar-refractivity contribution in [3.8, 4) is 5.75 Å². The van der Waals surface area contributed by atoms with E-state index in [0.29, 0.717) is 11.4 Å². The molecule has 4 rings (SSSR count). The lowest BCUT2D eigenvalue weighted by Crippen LogP contribution is -2.23. The maximum absolute atomic E-state index is 13.2. The van der Waals surface area contributed by atoms with E-state index in [9.17, 15) is 13.2 Å². The van der Waals surface area contributed by atoms with Crippen molar-refractivity contribution in [1.82, 2.24) is 0 Å². The van der Waals surface area contributed by atoms with Gasteiger partial charge in [0.1, 0.15) is 10.6 Å². The molecule has 7 heteroatoms. The summed E-state index contributed by atoms with van der Waals surface area (Å²) in [6.45, 7) is 1.90. The maximum atomic E-state index is 13.2. The van der Waals surface area contributed by atoms with Gasteiger partial charge >= 0.3 is 0 Å². The first-order valence-electron chi connectivity index (χ1n) is 8.77. The maximum Gasteiger partial charge on any atom is 0.225 e. The van der Waals surface area contributed by atoms with Crippen molar-refractivity contribution < 1.29 is 17.9 Å². The summed E-state index contributed by atoms with van der Waals surface area (Å²) in [6, 6.07) is 14.3. The van der Waals surface area contributed by atoms with E-state index in [1.165, 1.54) is 11.3 Å². The van der Waals surface area contributed by atoms with Gasteiger partial charge in [-0.1, -0.05) is 29.8 Å². The van der Waals surface area contributed by atoms with Gasteiger partial charge in [0.2, 0.25) is 15.7 Å². The lowest BCUT2D eigenvalue weighted by molar-refractivity contribution is -0.116. The van der Waals surface area contributed by atoms with Crippen LogP contribution in [0.4, 0.5) is 5.69 Å². The van der Waals surface area contributed by atoms with Gasteiger partial charge in [-0.2, -0.15) is 0 Å². The summed E-state index contributed by atoms with van der Waals surface area (Å²) < 4.78 is 31.6. The predicted octanol–water partition coefficient (Wildman–Crippen LogP) is 4.37. The minimum absolute atomic E-state index is 0.150. The number of thiophene rings is 1. The Bertz CT molecular complexity index is 1150. The van der Waals surface area contributed by atoms with Crippen molar-refractivity contribution in [3.05, 3.63) is 69.9 Å². The van der Waals surface area contributed by atoms with Crippen LogP contribution in [0.2, 0.25) is 0 Å². The molecule has 28 heavy (non-hydrogen) atoms. The molecule has 1 aromatic heterocycles. The van der Waals surface area contributed by atoms with Crippen molar-refractivity contribution in [2.24, 2.45) is 0 Å². The second-order valence-electron chi connectivity index (χ2n) is 6.74. The Morgan fingerprint density at radius 3 is 2.61 bits per heavy atom. The molecule has 3 aromatic rings. The Morgan fingerprint density at radius 1 is 1.14 bits per heavy atom. The zero-order valence-electron chi connectivity index (χ0n) is 15.4. The number of anilines is 1. The highest BCUT2D eigenvalue weighted by Gasteiger charge is 2.34. The highest BCUT2D eigenvalue weighted by Crippen LogP contribution is 2.46. The van der Waals surface area contributed by atoms with Crippen LogP contribution in [0.3, 0.4) is 0 Å². The summed E-state index contributed by atoms with van der Waals surface area (Å²) in [5, 5.41) is 4.41. The number of fused-ring (bicyclic) bond motifs is 1. The lowest BCUT2D eigenvalue weighted by Gasteiger charge is -2.24. The molecular formula is C21H19NO4S2. The largest absolute Gasteiger partial charge is 0.497 e. The molecule has 0 saturated carbocycles. The van der Waals surface area contributed by atoms with Gasteiger partial charge < -0.3 is 10.1 Å². The fraction of sp³-hybridized carbons (Fsp3) is 0.190. The number of sulfone groups is 1. The van der Waals surface area contributed by atoms with Crippen LogP contribution in [0.25, 0.3) is 0 Å². The molecule has 0 aliphatic carbocycles. The van der Waals surface area contributed by atoms with Gasteiger partial charge in [0.25, 0.3) is 0 Å². The first kappa shape index (κ1) is 18.7. The first-order chi connectivity index (χ1) is 13.4. The first-order valence-corrected chi connectivity index (χ1v) is 11.1. The summed E-state index contributed by atoms with van der Waals surface area (Å²) >= 11 is 1.36. The molecule has 144 valence electrons. The van der Waals surface area contributed by atoms with Crippen LogP contribution < -0.4 is 10.1 Å². The molecule has 5 nitrogen and oxygen atoms in total. The van der Waals surface area contributed by atoms with Crippen molar-refractivity contribution in [1.29, 1.82) is 0 Å². The fourth-order valence-corrected chi connectivity index (χ4v) is 6.28. The molecule has 0 spiro atoms. The van der Waals surface area contributed by atoms with Crippen molar-refractivity contribution in [3.63, 3.8) is 0 Å². The van der Waals surface area contributed by atoms with Crippen molar-refractivity contribution in [2.75, 3.05) is 12.4 Å². The monoisotopic (exact) mass is 413 g/mol. The second kappa shape index (κ2) is 7.07. The summed E-state index contributed by atoms with van der Waals surface area (Å²) in [5.41, 5.74) is 2.31. The van der Waals surface area contributed by atoms with Gasteiger partial charge in [0.05, 0.1) is 17.7 Å². The number of hydrogen-bond donors (Lipinski definition) is 1. The molecule has 2 heterocycles. The normalized spacial score (nSPS) is 16.4. The Kier molecular flexibility index (Phi) is 4.72. The zero-order valence-corrected chi connectivity index (χ0v) is 17.1. The van der Waals surface area contributed by atoms with Gasteiger partial charge in [0.15, 0.2) is 0 Å². The number of hydrogen-bond acceptors (Lipinski definition) is 5. The Hall–Kier alpha value is -2.64. The van der Waals surface area contributed by atoms with Gasteiger partial charge in [-0.3, -0.25) is 4.79 Å². The number of ether oxygens (including phenoxy) is 1. The molecule has 1 N–H and O–H groups in total. The number of amides is 1. The van der Waals surface area contributed by atoms with E-state index in [0.717, 1.165) is 16.0 Å². The molecule has 0 unspecified atom stereocenters. The summed E-state index contributed by atoms with van der Waals surface area (Å²) in [5.74, 6) is 0.305. The number of carbonyl (C=O) groups excluding carboxylic acids is 1. The van der Waals surface area contributed by atoms with E-state index >= 15 is 0 Å². The molecule has 0 bridgehead atoms. The molecular weight excluding hydrogens is 394 g/mol. The molecule has 1 atom stereocenters. The third-order valence-electron chi connectivity index (χ3n) is 4.87. The molecule has 0 fully saturated rings. The van der Waals surface area contributed by atoms with Crippen LogP contribution in [-0.4, -0.2) is 21.4 Å². The van der Waals surface area contributed by atoms with Gasteiger partial charge in [-0.25, -0.2) is 8.42 Å². The van der Waals surface area contributed by atoms with Crippen LogP contribution in [0, 0.1) is 6.92 Å². The van der Waals surface area contributed by atoms with Crippen LogP contribution in [0.5, 0.6) is 5.75 Å². The molecule has 0 saturated heterocycles.